The molecule has 0 aromatic carbocycles. The monoisotopic (exact) mass is 332 g/mol. The van der Waals surface area contributed by atoms with Gasteiger partial charge in [-0.05, 0) is 44.4 Å². The molecule has 2 rings (SSSR count). The normalized spacial score (nSPS) is 23.3. The lowest BCUT2D eigenvalue weighted by atomic mass is 9.72. The number of carbonyl (C=O) groups is 1. The minimum absolute atomic E-state index is 0.0667. The molecule has 0 aromatic heterocycles. The number of amides is 2. The highest BCUT2D eigenvalue weighted by Crippen LogP contribution is 2.40. The Morgan fingerprint density at radius 3 is 2.36 bits per heavy atom. The van der Waals surface area contributed by atoms with Crippen LogP contribution in [0.1, 0.15) is 39.0 Å². The van der Waals surface area contributed by atoms with Crippen LogP contribution in [0.5, 0.6) is 0 Å². The summed E-state index contributed by atoms with van der Waals surface area (Å²) in [5, 5.41) is 2.91. The zero-order valence-corrected chi connectivity index (χ0v) is 14.5. The van der Waals surface area contributed by atoms with Gasteiger partial charge in [0.25, 0.3) is 0 Å². The lowest BCUT2D eigenvalue weighted by molar-refractivity contribution is -0.0146. The highest BCUT2D eigenvalue weighted by atomic mass is 32.2. The maximum atomic E-state index is 12.2. The average Bonchev–Trinajstić information content (AvgIpc) is 2.46. The minimum Gasteiger partial charge on any atom is -0.381 e. The van der Waals surface area contributed by atoms with E-state index in [0.29, 0.717) is 11.8 Å². The second-order valence-electron chi connectivity index (χ2n) is 6.87. The topological polar surface area (TPSA) is 75.7 Å². The number of sulfone groups is 1. The van der Waals surface area contributed by atoms with E-state index in [2.05, 4.69) is 5.32 Å². The molecule has 0 bridgehead atoms. The van der Waals surface area contributed by atoms with Gasteiger partial charge in [-0.2, -0.15) is 0 Å². The fourth-order valence-electron chi connectivity index (χ4n) is 3.25. The van der Waals surface area contributed by atoms with Gasteiger partial charge < -0.3 is 15.0 Å². The van der Waals surface area contributed by atoms with Gasteiger partial charge in [0.05, 0.1) is 5.75 Å². The standard InChI is InChI=1S/C15H28N2O4S/c1-13(3-12-22(2,19)20)16-14(18)17-8-4-15(5-9-17)6-10-21-11-7-15/h13H,3-12H2,1-2H3,(H,16,18)/t13-/m0/s1. The lowest BCUT2D eigenvalue weighted by Crippen LogP contribution is -2.50. The van der Waals surface area contributed by atoms with Gasteiger partial charge in [-0.3, -0.25) is 0 Å². The Morgan fingerprint density at radius 1 is 1.23 bits per heavy atom. The first-order chi connectivity index (χ1) is 10.3. The van der Waals surface area contributed by atoms with Crippen molar-refractivity contribution in [2.75, 3.05) is 38.3 Å². The molecule has 0 aliphatic carbocycles. The number of piperidine rings is 1. The fraction of sp³-hybridized carbons (Fsp3) is 0.933. The number of carbonyl (C=O) groups excluding carboxylic acids is 1. The summed E-state index contributed by atoms with van der Waals surface area (Å²) in [6.07, 6.45) is 5.97. The van der Waals surface area contributed by atoms with Crippen LogP contribution in [0.2, 0.25) is 0 Å². The molecule has 0 unspecified atom stereocenters. The van der Waals surface area contributed by atoms with Crippen molar-refractivity contribution in [2.24, 2.45) is 5.41 Å². The van der Waals surface area contributed by atoms with Gasteiger partial charge in [-0.15, -0.1) is 0 Å². The van der Waals surface area contributed by atoms with Crippen molar-refractivity contribution in [2.45, 2.75) is 45.1 Å². The first kappa shape index (κ1) is 17.5. The number of ether oxygens (including phenoxy) is 1. The molecule has 1 atom stereocenters. The summed E-state index contributed by atoms with van der Waals surface area (Å²) in [6, 6.07) is -0.191. The van der Waals surface area contributed by atoms with E-state index in [1.165, 1.54) is 6.26 Å². The quantitative estimate of drug-likeness (QED) is 0.844. The van der Waals surface area contributed by atoms with E-state index < -0.39 is 9.84 Å². The predicted octanol–water partition coefficient (Wildman–Crippen LogP) is 1.41. The van der Waals surface area contributed by atoms with Crippen molar-refractivity contribution in [1.29, 1.82) is 0 Å². The van der Waals surface area contributed by atoms with Crippen LogP contribution in [0.4, 0.5) is 4.79 Å². The SMILES string of the molecule is C[C@@H](CCS(C)(=O)=O)NC(=O)N1CCC2(CCOCC2)CC1. The summed E-state index contributed by atoms with van der Waals surface area (Å²) in [5.74, 6) is 0.109. The Labute approximate surface area is 133 Å². The van der Waals surface area contributed by atoms with Crippen LogP contribution in [-0.4, -0.2) is 63.7 Å². The Balaban J connectivity index is 1.75. The van der Waals surface area contributed by atoms with Crippen LogP contribution in [0.25, 0.3) is 0 Å². The Kier molecular flexibility index (Phi) is 5.71. The van der Waals surface area contributed by atoms with Gasteiger partial charge >= 0.3 is 6.03 Å². The second-order valence-corrected chi connectivity index (χ2v) is 9.13. The fourth-order valence-corrected chi connectivity index (χ4v) is 4.04. The van der Waals surface area contributed by atoms with Gasteiger partial charge in [0, 0.05) is 38.6 Å². The summed E-state index contributed by atoms with van der Waals surface area (Å²) in [6.45, 7) is 5.10. The molecule has 2 aliphatic rings. The van der Waals surface area contributed by atoms with Crippen LogP contribution in [0, 0.1) is 5.41 Å². The Morgan fingerprint density at radius 2 is 1.82 bits per heavy atom. The molecule has 22 heavy (non-hydrogen) atoms. The van der Waals surface area contributed by atoms with Crippen LogP contribution in [0.15, 0.2) is 0 Å². The van der Waals surface area contributed by atoms with Crippen molar-refractivity contribution in [1.82, 2.24) is 10.2 Å². The number of urea groups is 1. The third-order valence-electron chi connectivity index (χ3n) is 4.96. The van der Waals surface area contributed by atoms with Gasteiger partial charge in [-0.25, -0.2) is 13.2 Å². The van der Waals surface area contributed by atoms with Crippen molar-refractivity contribution in [3.05, 3.63) is 0 Å². The number of hydrogen-bond donors (Lipinski definition) is 1. The van der Waals surface area contributed by atoms with Crippen LogP contribution < -0.4 is 5.32 Å². The minimum atomic E-state index is -2.98. The molecule has 0 aromatic rings. The lowest BCUT2D eigenvalue weighted by Gasteiger charge is -2.44. The molecule has 0 saturated carbocycles. The van der Waals surface area contributed by atoms with E-state index in [0.717, 1.165) is 52.0 Å². The van der Waals surface area contributed by atoms with Gasteiger partial charge in [-0.1, -0.05) is 0 Å². The molecule has 2 fully saturated rings. The van der Waals surface area contributed by atoms with Crippen LogP contribution in [0.3, 0.4) is 0 Å². The average molecular weight is 332 g/mol. The maximum absolute atomic E-state index is 12.2. The second kappa shape index (κ2) is 7.17. The van der Waals surface area contributed by atoms with Crippen molar-refractivity contribution in [3.63, 3.8) is 0 Å². The molecular weight excluding hydrogens is 304 g/mol. The molecule has 7 heteroatoms. The molecule has 1 N–H and O–H groups in total. The van der Waals surface area contributed by atoms with Gasteiger partial charge in [0.1, 0.15) is 9.84 Å². The summed E-state index contributed by atoms with van der Waals surface area (Å²) in [4.78, 5) is 14.1. The third kappa shape index (κ3) is 5.12. The Bertz CT molecular complexity index is 476. The molecular formula is C15H28N2O4S. The molecule has 1 spiro atoms. The number of nitrogens with zero attached hydrogens (tertiary/aromatic N) is 1. The molecule has 0 radical (unpaired) electrons. The highest BCUT2D eigenvalue weighted by Gasteiger charge is 2.37. The molecule has 2 aliphatic heterocycles. The summed E-state index contributed by atoms with van der Waals surface area (Å²) < 4.78 is 27.8. The van der Waals surface area contributed by atoms with Gasteiger partial charge in [0.15, 0.2) is 0 Å². The number of hydrogen-bond acceptors (Lipinski definition) is 4. The van der Waals surface area contributed by atoms with E-state index in [1.54, 1.807) is 0 Å². The number of likely N-dealkylation sites (tertiary alicyclic amines) is 1. The van der Waals surface area contributed by atoms with Crippen molar-refractivity contribution < 1.29 is 17.9 Å². The predicted molar refractivity (Wildman–Crippen MR) is 85.6 cm³/mol. The van der Waals surface area contributed by atoms with Crippen molar-refractivity contribution in [3.8, 4) is 0 Å². The van der Waals surface area contributed by atoms with Crippen LogP contribution in [-0.2, 0) is 14.6 Å². The molecule has 128 valence electrons. The molecule has 2 saturated heterocycles. The molecule has 2 heterocycles. The Hall–Kier alpha value is -0.820. The highest BCUT2D eigenvalue weighted by molar-refractivity contribution is 7.90. The summed E-state index contributed by atoms with van der Waals surface area (Å²) in [5.41, 5.74) is 0.372. The maximum Gasteiger partial charge on any atom is 0.317 e. The first-order valence-electron chi connectivity index (χ1n) is 8.11. The van der Waals surface area contributed by atoms with E-state index in [1.807, 2.05) is 11.8 Å². The largest absolute Gasteiger partial charge is 0.381 e. The summed E-state index contributed by atoms with van der Waals surface area (Å²) >= 11 is 0. The van der Waals surface area contributed by atoms with Gasteiger partial charge in [0.2, 0.25) is 0 Å². The van der Waals surface area contributed by atoms with E-state index in [-0.39, 0.29) is 17.8 Å². The van der Waals surface area contributed by atoms with E-state index >= 15 is 0 Å². The number of nitrogens with one attached hydrogen (secondary N) is 1. The molecule has 6 nitrogen and oxygen atoms in total. The van der Waals surface area contributed by atoms with E-state index in [4.69, 9.17) is 4.74 Å². The van der Waals surface area contributed by atoms with E-state index in [9.17, 15) is 13.2 Å². The zero-order chi connectivity index (χ0) is 16.2. The smallest absolute Gasteiger partial charge is 0.317 e. The zero-order valence-electron chi connectivity index (χ0n) is 13.6. The number of rotatable bonds is 4. The van der Waals surface area contributed by atoms with Crippen molar-refractivity contribution >= 4 is 15.9 Å². The third-order valence-corrected chi connectivity index (χ3v) is 5.93. The first-order valence-corrected chi connectivity index (χ1v) is 10.2. The molecule has 2 amide bonds. The summed E-state index contributed by atoms with van der Waals surface area (Å²) in [7, 11) is -2.98. The van der Waals surface area contributed by atoms with Crippen LogP contribution >= 0.6 is 0 Å².